The van der Waals surface area contributed by atoms with Crippen molar-refractivity contribution in [2.24, 2.45) is 10.9 Å². The van der Waals surface area contributed by atoms with E-state index in [-0.39, 0.29) is 24.0 Å². The van der Waals surface area contributed by atoms with Crippen LogP contribution in [0.5, 0.6) is 0 Å². The summed E-state index contributed by atoms with van der Waals surface area (Å²) in [6.45, 7) is 10.5. The number of para-hydroxylation sites is 2. The van der Waals surface area contributed by atoms with Crippen molar-refractivity contribution in [1.82, 2.24) is 20.6 Å². The molecule has 0 amide bonds. The van der Waals surface area contributed by atoms with Gasteiger partial charge in [-0.25, -0.2) is 4.98 Å². The quantitative estimate of drug-likeness (QED) is 0.196. The Morgan fingerprint density at radius 3 is 2.78 bits per heavy atom. The Hall–Kier alpha value is -1.35. The molecule has 0 radical (unpaired) electrons. The predicted molar refractivity (Wildman–Crippen MR) is 124 cm³/mol. The van der Waals surface area contributed by atoms with E-state index in [1.807, 2.05) is 18.2 Å². The summed E-state index contributed by atoms with van der Waals surface area (Å²) in [5.74, 6) is 2.50. The average Bonchev–Trinajstić information content (AvgIpc) is 3.04. The molecule has 0 aliphatic heterocycles. The summed E-state index contributed by atoms with van der Waals surface area (Å²) >= 11 is 0. The summed E-state index contributed by atoms with van der Waals surface area (Å²) < 4.78 is 5.60. The maximum atomic E-state index is 5.60. The third kappa shape index (κ3) is 9.41. The fraction of sp³-hybridized carbons (Fsp3) is 0.600. The van der Waals surface area contributed by atoms with Gasteiger partial charge in [0.05, 0.1) is 11.0 Å². The Kier molecular flexibility index (Phi) is 12.1. The molecule has 2 rings (SSSR count). The van der Waals surface area contributed by atoms with Crippen molar-refractivity contribution in [3.63, 3.8) is 0 Å². The summed E-state index contributed by atoms with van der Waals surface area (Å²) in [6, 6.07) is 8.13. The van der Waals surface area contributed by atoms with Gasteiger partial charge >= 0.3 is 0 Å². The van der Waals surface area contributed by atoms with Crippen LogP contribution in [-0.4, -0.2) is 48.8 Å². The van der Waals surface area contributed by atoms with Crippen molar-refractivity contribution in [3.05, 3.63) is 30.1 Å². The van der Waals surface area contributed by atoms with Crippen LogP contribution in [0, 0.1) is 5.92 Å². The molecule has 0 spiro atoms. The molecule has 0 aliphatic carbocycles. The molecule has 0 atom stereocenters. The van der Waals surface area contributed by atoms with Gasteiger partial charge in [-0.15, -0.1) is 24.0 Å². The van der Waals surface area contributed by atoms with Gasteiger partial charge < -0.3 is 20.4 Å². The van der Waals surface area contributed by atoms with E-state index in [9.17, 15) is 0 Å². The van der Waals surface area contributed by atoms with E-state index in [4.69, 9.17) is 4.74 Å². The van der Waals surface area contributed by atoms with Gasteiger partial charge in [0.15, 0.2) is 5.96 Å². The Bertz CT molecular complexity index is 638. The molecule has 152 valence electrons. The first-order valence-corrected chi connectivity index (χ1v) is 9.72. The fourth-order valence-electron chi connectivity index (χ4n) is 2.60. The molecule has 1 heterocycles. The van der Waals surface area contributed by atoms with Crippen molar-refractivity contribution in [1.29, 1.82) is 0 Å². The Labute approximate surface area is 180 Å². The second-order valence-electron chi connectivity index (χ2n) is 6.81. The number of aryl methyl sites for hydroxylation is 1. The van der Waals surface area contributed by atoms with Gasteiger partial charge in [0.25, 0.3) is 0 Å². The second-order valence-corrected chi connectivity index (χ2v) is 6.81. The van der Waals surface area contributed by atoms with Crippen molar-refractivity contribution in [3.8, 4) is 0 Å². The third-order valence-corrected chi connectivity index (χ3v) is 3.83. The van der Waals surface area contributed by atoms with Crippen molar-refractivity contribution >= 4 is 41.0 Å². The zero-order valence-electron chi connectivity index (χ0n) is 16.8. The van der Waals surface area contributed by atoms with Gasteiger partial charge in [-0.3, -0.25) is 4.99 Å². The molecule has 0 unspecified atom stereocenters. The Morgan fingerprint density at radius 2 is 2.04 bits per heavy atom. The van der Waals surface area contributed by atoms with Crippen LogP contribution < -0.4 is 10.6 Å². The first-order chi connectivity index (χ1) is 12.7. The Morgan fingerprint density at radius 1 is 1.22 bits per heavy atom. The maximum Gasteiger partial charge on any atom is 0.191 e. The van der Waals surface area contributed by atoms with Crippen LogP contribution >= 0.6 is 24.0 Å². The topological polar surface area (TPSA) is 74.3 Å². The number of imidazole rings is 1. The number of halogens is 1. The standard InChI is InChI=1S/C20H33N5O.HI/c1-4-21-20(23-13-8-14-26-15-16(2)3)22-12-7-11-19-24-17-9-5-6-10-18(17)25-19;/h5-6,9-10,16H,4,7-8,11-15H2,1-3H3,(H,24,25)(H2,21,22,23);1H. The number of aromatic amines is 1. The molecule has 7 heteroatoms. The second kappa shape index (κ2) is 13.8. The smallest absolute Gasteiger partial charge is 0.191 e. The van der Waals surface area contributed by atoms with Gasteiger partial charge in [0, 0.05) is 39.3 Å². The minimum atomic E-state index is 0. The molecule has 2 aromatic rings. The van der Waals surface area contributed by atoms with Gasteiger partial charge in [-0.05, 0) is 37.8 Å². The lowest BCUT2D eigenvalue weighted by Crippen LogP contribution is -2.38. The van der Waals surface area contributed by atoms with E-state index in [0.717, 1.165) is 74.9 Å². The lowest BCUT2D eigenvalue weighted by Gasteiger charge is -2.11. The van der Waals surface area contributed by atoms with E-state index in [2.05, 4.69) is 52.4 Å². The molecule has 1 aromatic heterocycles. The number of hydrogen-bond acceptors (Lipinski definition) is 3. The number of aromatic nitrogens is 2. The molecular formula is C20H34IN5O. The molecule has 1 aromatic carbocycles. The Balaban J connectivity index is 0.00000364. The number of benzene rings is 1. The predicted octanol–water partition coefficient (Wildman–Crippen LogP) is 3.73. The van der Waals surface area contributed by atoms with E-state index < -0.39 is 0 Å². The maximum absolute atomic E-state index is 5.60. The number of H-pyrrole nitrogens is 1. The molecule has 0 saturated carbocycles. The van der Waals surface area contributed by atoms with Crippen molar-refractivity contribution in [2.45, 2.75) is 40.0 Å². The van der Waals surface area contributed by atoms with E-state index in [1.54, 1.807) is 0 Å². The zero-order valence-corrected chi connectivity index (χ0v) is 19.1. The molecule has 0 saturated heterocycles. The lowest BCUT2D eigenvalue weighted by molar-refractivity contribution is 0.108. The van der Waals surface area contributed by atoms with Gasteiger partial charge in [0.1, 0.15) is 5.82 Å². The number of hydrogen-bond donors (Lipinski definition) is 3. The summed E-state index contributed by atoms with van der Waals surface area (Å²) in [5.41, 5.74) is 2.13. The van der Waals surface area contributed by atoms with Crippen LogP contribution in [0.4, 0.5) is 0 Å². The van der Waals surface area contributed by atoms with Crippen LogP contribution in [0.3, 0.4) is 0 Å². The highest BCUT2D eigenvalue weighted by atomic mass is 127. The molecule has 0 aliphatic rings. The highest BCUT2D eigenvalue weighted by Gasteiger charge is 2.02. The number of nitrogens with zero attached hydrogens (tertiary/aromatic N) is 2. The average molecular weight is 487 g/mol. The number of aliphatic imine (C=N–C) groups is 1. The molecular weight excluding hydrogens is 453 g/mol. The first kappa shape index (κ1) is 23.7. The van der Waals surface area contributed by atoms with E-state index in [1.165, 1.54) is 0 Å². The van der Waals surface area contributed by atoms with Crippen LogP contribution in [0.25, 0.3) is 11.0 Å². The third-order valence-electron chi connectivity index (χ3n) is 3.83. The largest absolute Gasteiger partial charge is 0.381 e. The van der Waals surface area contributed by atoms with Gasteiger partial charge in [-0.1, -0.05) is 26.0 Å². The van der Waals surface area contributed by atoms with Crippen LogP contribution in [-0.2, 0) is 11.2 Å². The molecule has 3 N–H and O–H groups in total. The van der Waals surface area contributed by atoms with Crippen LogP contribution in [0.1, 0.15) is 39.4 Å². The number of rotatable bonds is 11. The number of ether oxygens (including phenoxy) is 1. The summed E-state index contributed by atoms with van der Waals surface area (Å²) in [6.07, 6.45) is 2.85. The number of guanidine groups is 1. The molecule has 0 fully saturated rings. The van der Waals surface area contributed by atoms with Gasteiger partial charge in [0.2, 0.25) is 0 Å². The molecule has 0 bridgehead atoms. The lowest BCUT2D eigenvalue weighted by atomic mass is 10.2. The SMILES string of the molecule is CCNC(=NCCCc1nc2ccccc2[nH]1)NCCCOCC(C)C.I. The van der Waals surface area contributed by atoms with Crippen molar-refractivity contribution < 1.29 is 4.74 Å². The van der Waals surface area contributed by atoms with Crippen LogP contribution in [0.15, 0.2) is 29.3 Å². The highest BCUT2D eigenvalue weighted by Crippen LogP contribution is 2.11. The zero-order chi connectivity index (χ0) is 18.6. The minimum Gasteiger partial charge on any atom is -0.381 e. The monoisotopic (exact) mass is 487 g/mol. The first-order valence-electron chi connectivity index (χ1n) is 9.72. The van der Waals surface area contributed by atoms with Gasteiger partial charge in [-0.2, -0.15) is 0 Å². The van der Waals surface area contributed by atoms with E-state index >= 15 is 0 Å². The number of fused-ring (bicyclic) bond motifs is 1. The van der Waals surface area contributed by atoms with Crippen LogP contribution in [0.2, 0.25) is 0 Å². The summed E-state index contributed by atoms with van der Waals surface area (Å²) in [5, 5.41) is 6.65. The summed E-state index contributed by atoms with van der Waals surface area (Å²) in [4.78, 5) is 12.6. The minimum absolute atomic E-state index is 0. The number of nitrogens with one attached hydrogen (secondary N) is 3. The summed E-state index contributed by atoms with van der Waals surface area (Å²) in [7, 11) is 0. The highest BCUT2D eigenvalue weighted by molar-refractivity contribution is 14.0. The van der Waals surface area contributed by atoms with E-state index in [0.29, 0.717) is 5.92 Å². The molecule has 6 nitrogen and oxygen atoms in total. The van der Waals surface area contributed by atoms with Crippen molar-refractivity contribution in [2.75, 3.05) is 32.8 Å². The normalized spacial score (nSPS) is 11.6. The molecule has 27 heavy (non-hydrogen) atoms. The fourth-order valence-corrected chi connectivity index (χ4v) is 2.60.